The smallest absolute Gasteiger partial charge is 0.225 e. The van der Waals surface area contributed by atoms with Crippen LogP contribution in [0.2, 0.25) is 0 Å². The molecule has 0 spiro atoms. The van der Waals surface area contributed by atoms with Gasteiger partial charge >= 0.3 is 0 Å². The molecule has 0 saturated carbocycles. The van der Waals surface area contributed by atoms with Crippen LogP contribution in [0.4, 0.5) is 0 Å². The molecule has 2 fully saturated rings. The van der Waals surface area contributed by atoms with Gasteiger partial charge in [0.2, 0.25) is 5.91 Å². The molecule has 2 heterocycles. The van der Waals surface area contributed by atoms with E-state index in [0.29, 0.717) is 13.2 Å². The first-order chi connectivity index (χ1) is 7.36. The minimum absolute atomic E-state index is 0.0557. The summed E-state index contributed by atoms with van der Waals surface area (Å²) in [6, 6.07) is 0. The van der Waals surface area contributed by atoms with Crippen molar-refractivity contribution in [2.75, 3.05) is 26.4 Å². The van der Waals surface area contributed by atoms with E-state index in [1.54, 1.807) is 0 Å². The minimum Gasteiger partial charge on any atom is -0.381 e. The highest BCUT2D eigenvalue weighted by molar-refractivity contribution is 5.78. The Labute approximate surface area is 90.3 Å². The number of amides is 1. The Bertz CT molecular complexity index is 208. The Balaban J connectivity index is 1.66. The van der Waals surface area contributed by atoms with Crippen LogP contribution in [-0.2, 0) is 14.3 Å². The largest absolute Gasteiger partial charge is 0.381 e. The minimum atomic E-state index is 0.0557. The Kier molecular flexibility index (Phi) is 3.97. The van der Waals surface area contributed by atoms with Crippen molar-refractivity contribution in [2.45, 2.75) is 31.8 Å². The van der Waals surface area contributed by atoms with Crippen LogP contribution in [0.25, 0.3) is 0 Å². The van der Waals surface area contributed by atoms with Gasteiger partial charge in [0, 0.05) is 19.8 Å². The van der Waals surface area contributed by atoms with E-state index < -0.39 is 0 Å². The van der Waals surface area contributed by atoms with E-state index >= 15 is 0 Å². The number of hydrogen-bond acceptors (Lipinski definition) is 3. The summed E-state index contributed by atoms with van der Waals surface area (Å²) in [5, 5.41) is 2.95. The van der Waals surface area contributed by atoms with Crippen molar-refractivity contribution in [1.82, 2.24) is 5.32 Å². The predicted molar refractivity (Wildman–Crippen MR) is 55.5 cm³/mol. The van der Waals surface area contributed by atoms with Crippen molar-refractivity contribution in [3.8, 4) is 0 Å². The zero-order valence-electron chi connectivity index (χ0n) is 9.04. The lowest BCUT2D eigenvalue weighted by Crippen LogP contribution is -2.39. The highest BCUT2D eigenvalue weighted by atomic mass is 16.5. The van der Waals surface area contributed by atoms with Crippen molar-refractivity contribution in [3.05, 3.63) is 0 Å². The van der Waals surface area contributed by atoms with Crippen molar-refractivity contribution in [2.24, 2.45) is 5.92 Å². The lowest BCUT2D eigenvalue weighted by atomic mass is 10.0. The molecule has 2 atom stereocenters. The molecule has 0 aromatic rings. The normalized spacial score (nSPS) is 31.5. The molecule has 2 unspecified atom stereocenters. The van der Waals surface area contributed by atoms with Gasteiger partial charge in [-0.25, -0.2) is 0 Å². The van der Waals surface area contributed by atoms with Crippen LogP contribution in [0.1, 0.15) is 25.7 Å². The number of ether oxygens (including phenoxy) is 2. The highest BCUT2D eigenvalue weighted by Crippen LogP contribution is 2.14. The van der Waals surface area contributed by atoms with Crippen LogP contribution >= 0.6 is 0 Å². The second-order valence-corrected chi connectivity index (χ2v) is 4.29. The average Bonchev–Trinajstić information content (AvgIpc) is 2.80. The van der Waals surface area contributed by atoms with Gasteiger partial charge in [0.25, 0.3) is 0 Å². The topological polar surface area (TPSA) is 47.6 Å². The zero-order valence-corrected chi connectivity index (χ0v) is 9.04. The van der Waals surface area contributed by atoms with E-state index in [9.17, 15) is 4.79 Å². The number of carbonyl (C=O) groups excluding carboxylic acids is 1. The van der Waals surface area contributed by atoms with Gasteiger partial charge in [0.1, 0.15) is 0 Å². The summed E-state index contributed by atoms with van der Waals surface area (Å²) in [7, 11) is 0. The molecule has 4 nitrogen and oxygen atoms in total. The van der Waals surface area contributed by atoms with Crippen molar-refractivity contribution in [1.29, 1.82) is 0 Å². The maximum atomic E-state index is 11.7. The number of carbonyl (C=O) groups is 1. The van der Waals surface area contributed by atoms with Crippen LogP contribution in [-0.4, -0.2) is 38.4 Å². The summed E-state index contributed by atoms with van der Waals surface area (Å²) in [5.74, 6) is 0.186. The van der Waals surface area contributed by atoms with E-state index in [1.165, 1.54) is 0 Å². The molecule has 0 aromatic heterocycles. The Morgan fingerprint density at radius 1 is 1.27 bits per heavy atom. The van der Waals surface area contributed by atoms with Gasteiger partial charge in [0.05, 0.1) is 18.6 Å². The van der Waals surface area contributed by atoms with Crippen molar-refractivity contribution < 1.29 is 14.3 Å². The summed E-state index contributed by atoms with van der Waals surface area (Å²) in [5.41, 5.74) is 0. The van der Waals surface area contributed by atoms with Crippen LogP contribution < -0.4 is 5.32 Å². The van der Waals surface area contributed by atoms with Gasteiger partial charge in [-0.3, -0.25) is 4.79 Å². The molecule has 2 aliphatic heterocycles. The van der Waals surface area contributed by atoms with Crippen LogP contribution in [0, 0.1) is 5.92 Å². The Morgan fingerprint density at radius 2 is 2.13 bits per heavy atom. The predicted octanol–water partition coefficient (Wildman–Crippen LogP) is 0.708. The Hall–Kier alpha value is -0.610. The molecule has 2 aliphatic rings. The summed E-state index contributed by atoms with van der Waals surface area (Å²) < 4.78 is 10.7. The molecule has 0 aliphatic carbocycles. The molecular formula is C11H19NO3. The van der Waals surface area contributed by atoms with E-state index in [-0.39, 0.29) is 17.9 Å². The molecule has 1 amide bonds. The zero-order chi connectivity index (χ0) is 10.5. The SMILES string of the molecule is O=C(NCC1CCCO1)C1CCCOC1. The number of nitrogens with one attached hydrogen (secondary N) is 1. The van der Waals surface area contributed by atoms with Crippen LogP contribution in [0.15, 0.2) is 0 Å². The van der Waals surface area contributed by atoms with Gasteiger partial charge in [-0.2, -0.15) is 0 Å². The summed E-state index contributed by atoms with van der Waals surface area (Å²) >= 11 is 0. The lowest BCUT2D eigenvalue weighted by molar-refractivity contribution is -0.129. The fraction of sp³-hybridized carbons (Fsp3) is 0.909. The molecule has 2 saturated heterocycles. The third-order valence-corrected chi connectivity index (χ3v) is 3.06. The van der Waals surface area contributed by atoms with Gasteiger partial charge in [-0.15, -0.1) is 0 Å². The highest BCUT2D eigenvalue weighted by Gasteiger charge is 2.23. The number of hydrogen-bond donors (Lipinski definition) is 1. The van der Waals surface area contributed by atoms with E-state index in [4.69, 9.17) is 9.47 Å². The third-order valence-electron chi connectivity index (χ3n) is 3.06. The van der Waals surface area contributed by atoms with E-state index in [1.807, 2.05) is 0 Å². The molecule has 15 heavy (non-hydrogen) atoms. The van der Waals surface area contributed by atoms with Gasteiger partial charge < -0.3 is 14.8 Å². The Morgan fingerprint density at radius 3 is 2.80 bits per heavy atom. The monoisotopic (exact) mass is 213 g/mol. The van der Waals surface area contributed by atoms with Gasteiger partial charge in [-0.05, 0) is 25.7 Å². The standard InChI is InChI=1S/C11H19NO3/c13-11(9-3-1-5-14-8-9)12-7-10-4-2-6-15-10/h9-10H,1-8H2,(H,12,13). The lowest BCUT2D eigenvalue weighted by Gasteiger charge is -2.22. The molecule has 0 bridgehead atoms. The van der Waals surface area contributed by atoms with Crippen LogP contribution in [0.5, 0.6) is 0 Å². The molecule has 0 radical (unpaired) electrons. The first kappa shape index (κ1) is 10.9. The van der Waals surface area contributed by atoms with Gasteiger partial charge in [0.15, 0.2) is 0 Å². The third kappa shape index (κ3) is 3.18. The molecule has 0 aromatic carbocycles. The fourth-order valence-corrected chi connectivity index (χ4v) is 2.11. The maximum Gasteiger partial charge on any atom is 0.225 e. The summed E-state index contributed by atoms with van der Waals surface area (Å²) in [6.07, 6.45) is 4.38. The first-order valence-electron chi connectivity index (χ1n) is 5.83. The summed E-state index contributed by atoms with van der Waals surface area (Å²) in [4.78, 5) is 11.7. The fourth-order valence-electron chi connectivity index (χ4n) is 2.11. The molecular weight excluding hydrogens is 194 g/mol. The van der Waals surface area contributed by atoms with E-state index in [0.717, 1.165) is 38.9 Å². The first-order valence-corrected chi connectivity index (χ1v) is 5.83. The molecule has 1 N–H and O–H groups in total. The average molecular weight is 213 g/mol. The van der Waals surface area contributed by atoms with Crippen molar-refractivity contribution >= 4 is 5.91 Å². The van der Waals surface area contributed by atoms with Gasteiger partial charge in [-0.1, -0.05) is 0 Å². The number of rotatable bonds is 3. The summed E-state index contributed by atoms with van der Waals surface area (Å²) in [6.45, 7) is 2.88. The maximum absolute atomic E-state index is 11.7. The second-order valence-electron chi connectivity index (χ2n) is 4.29. The molecule has 86 valence electrons. The van der Waals surface area contributed by atoms with Crippen molar-refractivity contribution in [3.63, 3.8) is 0 Å². The van der Waals surface area contributed by atoms with E-state index in [2.05, 4.69) is 5.32 Å². The van der Waals surface area contributed by atoms with Crippen LogP contribution in [0.3, 0.4) is 0 Å². The quantitative estimate of drug-likeness (QED) is 0.751. The second kappa shape index (κ2) is 5.47. The molecule has 2 rings (SSSR count). The molecule has 4 heteroatoms.